The van der Waals surface area contributed by atoms with Crippen LogP contribution in [0.1, 0.15) is 5.56 Å². The zero-order valence-electron chi connectivity index (χ0n) is 20.7. The van der Waals surface area contributed by atoms with Gasteiger partial charge < -0.3 is 4.18 Å². The van der Waals surface area contributed by atoms with E-state index in [1.54, 1.807) is 66.7 Å². The maximum Gasteiger partial charge on any atom is 0.343 e. The number of amides is 4. The van der Waals surface area contributed by atoms with Crippen LogP contribution in [0.15, 0.2) is 116 Å². The Morgan fingerprint density at radius 2 is 1.24 bits per heavy atom. The second kappa shape index (κ2) is 11.6. The van der Waals surface area contributed by atoms with Gasteiger partial charge in [0, 0.05) is 15.1 Å². The Morgan fingerprint density at radius 3 is 1.76 bits per heavy atom. The Balaban J connectivity index is 1.66. The number of carbonyl (C=O) groups is 3. The molecule has 5 rings (SSSR count). The van der Waals surface area contributed by atoms with Gasteiger partial charge in [0.2, 0.25) is 0 Å². The van der Waals surface area contributed by atoms with E-state index in [0.29, 0.717) is 9.50 Å². The van der Waals surface area contributed by atoms with Gasteiger partial charge in [0.1, 0.15) is 10.5 Å². The molecule has 1 saturated heterocycles. The number of urea groups is 1. The van der Waals surface area contributed by atoms with Crippen LogP contribution >= 0.6 is 43.5 Å². The van der Waals surface area contributed by atoms with Gasteiger partial charge in [-0.2, -0.15) is 8.42 Å². The number of halogens is 3. The maximum atomic E-state index is 13.7. The Kier molecular flexibility index (Phi) is 8.14. The number of anilines is 2. The standard InChI is InChI=1S/C29H17Br2ClN2O6S/c30-19-15-18(26(25(31)17-19)40-41(38,39)23-13-11-20(32)12-14-23)16-24-27(35)33(21-7-3-1-4-8-21)29(37)34(28(24)36)22-9-5-2-6-10-22/h1-17H. The molecule has 1 heterocycles. The van der Waals surface area contributed by atoms with Crippen molar-refractivity contribution in [3.63, 3.8) is 0 Å². The van der Waals surface area contributed by atoms with Crippen LogP contribution in [-0.4, -0.2) is 26.3 Å². The largest absolute Gasteiger partial charge is 0.377 e. The summed E-state index contributed by atoms with van der Waals surface area (Å²) in [5.74, 6) is -1.95. The van der Waals surface area contributed by atoms with E-state index >= 15 is 0 Å². The van der Waals surface area contributed by atoms with E-state index in [9.17, 15) is 22.8 Å². The number of nitrogens with zero attached hydrogens (tertiary/aromatic N) is 2. The number of carbonyl (C=O) groups excluding carboxylic acids is 3. The van der Waals surface area contributed by atoms with Crippen LogP contribution in [-0.2, 0) is 19.7 Å². The van der Waals surface area contributed by atoms with Crippen LogP contribution in [0, 0.1) is 0 Å². The van der Waals surface area contributed by atoms with Crippen LogP contribution in [0.25, 0.3) is 6.08 Å². The topological polar surface area (TPSA) is 101 Å². The normalized spacial score (nSPS) is 13.9. The van der Waals surface area contributed by atoms with Crippen LogP contribution in [0.5, 0.6) is 5.75 Å². The lowest BCUT2D eigenvalue weighted by Gasteiger charge is -2.34. The number of benzene rings is 4. The number of hydrogen-bond donors (Lipinski definition) is 0. The zero-order valence-corrected chi connectivity index (χ0v) is 25.4. The lowest BCUT2D eigenvalue weighted by Crippen LogP contribution is -2.57. The molecule has 0 unspecified atom stereocenters. The molecule has 0 bridgehead atoms. The molecule has 0 spiro atoms. The van der Waals surface area contributed by atoms with Gasteiger partial charge in [-0.15, -0.1) is 0 Å². The molecule has 0 atom stereocenters. The summed E-state index contributed by atoms with van der Waals surface area (Å²) < 4.78 is 32.5. The van der Waals surface area contributed by atoms with Gasteiger partial charge in [-0.1, -0.05) is 63.9 Å². The number of hydrogen-bond acceptors (Lipinski definition) is 6. The average molecular weight is 717 g/mol. The Hall–Kier alpha value is -3.77. The molecule has 41 heavy (non-hydrogen) atoms. The van der Waals surface area contributed by atoms with Crippen LogP contribution in [0.2, 0.25) is 5.02 Å². The van der Waals surface area contributed by atoms with Crippen molar-refractivity contribution in [1.82, 2.24) is 0 Å². The Morgan fingerprint density at radius 1 is 0.732 bits per heavy atom. The molecule has 0 aliphatic carbocycles. The number of barbiturate groups is 1. The summed E-state index contributed by atoms with van der Waals surface area (Å²) >= 11 is 12.6. The van der Waals surface area contributed by atoms with Crippen molar-refractivity contribution in [2.75, 3.05) is 9.80 Å². The van der Waals surface area contributed by atoms with Gasteiger partial charge in [-0.25, -0.2) is 14.6 Å². The van der Waals surface area contributed by atoms with E-state index in [-0.39, 0.29) is 32.1 Å². The molecule has 206 valence electrons. The first kappa shape index (κ1) is 28.7. The number of rotatable bonds is 6. The fourth-order valence-corrected chi connectivity index (χ4v) is 6.57. The van der Waals surface area contributed by atoms with E-state index in [4.69, 9.17) is 15.8 Å². The van der Waals surface area contributed by atoms with Crippen molar-refractivity contribution in [2.24, 2.45) is 0 Å². The van der Waals surface area contributed by atoms with Gasteiger partial charge in [0.25, 0.3) is 11.8 Å². The lowest BCUT2D eigenvalue weighted by molar-refractivity contribution is -0.121. The summed E-state index contributed by atoms with van der Waals surface area (Å²) in [6.07, 6.45) is 1.20. The predicted octanol–water partition coefficient (Wildman–Crippen LogP) is 7.22. The van der Waals surface area contributed by atoms with Crippen LogP contribution in [0.3, 0.4) is 0 Å². The molecule has 1 fully saturated rings. The minimum absolute atomic E-state index is 0.0795. The van der Waals surface area contributed by atoms with Crippen molar-refractivity contribution >= 4 is 88.9 Å². The molecule has 4 aromatic carbocycles. The average Bonchev–Trinajstić information content (AvgIpc) is 2.94. The minimum Gasteiger partial charge on any atom is -0.377 e. The SMILES string of the molecule is O=C1C(=Cc2cc(Br)cc(Br)c2OS(=O)(=O)c2ccc(Cl)cc2)C(=O)N(c2ccccc2)C(=O)N1c1ccccc1. The van der Waals surface area contributed by atoms with Gasteiger partial charge in [-0.05, 0) is 82.7 Å². The van der Waals surface area contributed by atoms with Crippen molar-refractivity contribution < 1.29 is 27.0 Å². The predicted molar refractivity (Wildman–Crippen MR) is 162 cm³/mol. The summed E-state index contributed by atoms with van der Waals surface area (Å²) in [4.78, 5) is 42.6. The van der Waals surface area contributed by atoms with Crippen molar-refractivity contribution in [3.05, 3.63) is 122 Å². The first-order chi connectivity index (χ1) is 19.6. The second-order valence-electron chi connectivity index (χ2n) is 8.59. The molecule has 0 N–H and O–H groups in total. The smallest absolute Gasteiger partial charge is 0.343 e. The summed E-state index contributed by atoms with van der Waals surface area (Å²) in [5.41, 5.74) is 0.185. The summed E-state index contributed by atoms with van der Waals surface area (Å²) in [6.45, 7) is 0. The highest BCUT2D eigenvalue weighted by molar-refractivity contribution is 9.11. The lowest BCUT2D eigenvalue weighted by atomic mass is 10.0. The molecule has 0 radical (unpaired) electrons. The first-order valence-corrected chi connectivity index (χ1v) is 15.2. The number of imide groups is 2. The van der Waals surface area contributed by atoms with Gasteiger partial charge >= 0.3 is 16.1 Å². The van der Waals surface area contributed by atoms with Gasteiger partial charge in [-0.3, -0.25) is 9.59 Å². The van der Waals surface area contributed by atoms with Crippen molar-refractivity contribution in [2.45, 2.75) is 4.90 Å². The van der Waals surface area contributed by atoms with E-state index < -0.39 is 33.5 Å². The van der Waals surface area contributed by atoms with E-state index in [1.807, 2.05) is 0 Å². The Labute approximate surface area is 257 Å². The monoisotopic (exact) mass is 714 g/mol. The molecule has 4 aromatic rings. The highest BCUT2D eigenvalue weighted by Gasteiger charge is 2.44. The summed E-state index contributed by atoms with van der Waals surface area (Å²) in [6, 6.07) is 23.9. The molecule has 0 saturated carbocycles. The van der Waals surface area contributed by atoms with Crippen LogP contribution in [0.4, 0.5) is 16.2 Å². The fraction of sp³-hybridized carbons (Fsp3) is 0. The molecule has 12 heteroatoms. The van der Waals surface area contributed by atoms with E-state index in [1.165, 1.54) is 36.4 Å². The maximum absolute atomic E-state index is 13.7. The third-order valence-electron chi connectivity index (χ3n) is 5.91. The second-order valence-corrected chi connectivity index (χ2v) is 12.3. The zero-order chi connectivity index (χ0) is 29.3. The Bertz CT molecular complexity index is 1750. The first-order valence-electron chi connectivity index (χ1n) is 11.8. The van der Waals surface area contributed by atoms with Gasteiger partial charge in [0.05, 0.1) is 15.8 Å². The highest BCUT2D eigenvalue weighted by Crippen LogP contribution is 2.38. The fourth-order valence-electron chi connectivity index (χ4n) is 4.03. The molecular formula is C29H17Br2ClN2O6S. The van der Waals surface area contributed by atoms with Crippen molar-refractivity contribution in [3.8, 4) is 5.75 Å². The molecule has 1 aliphatic rings. The summed E-state index contributed by atoms with van der Waals surface area (Å²) in [7, 11) is -4.35. The molecular weight excluding hydrogens is 700 g/mol. The van der Waals surface area contributed by atoms with Gasteiger partial charge in [0.15, 0.2) is 5.75 Å². The molecule has 4 amide bonds. The minimum atomic E-state index is -4.35. The van der Waals surface area contributed by atoms with E-state index in [2.05, 4.69) is 31.9 Å². The van der Waals surface area contributed by atoms with E-state index in [0.717, 1.165) is 9.80 Å². The molecule has 8 nitrogen and oxygen atoms in total. The molecule has 1 aliphatic heterocycles. The van der Waals surface area contributed by atoms with Crippen molar-refractivity contribution in [1.29, 1.82) is 0 Å². The quantitative estimate of drug-likeness (QED) is 0.119. The third-order valence-corrected chi connectivity index (χ3v) is 8.45. The number of para-hydroxylation sites is 2. The highest BCUT2D eigenvalue weighted by atomic mass is 79.9. The summed E-state index contributed by atoms with van der Waals surface area (Å²) in [5, 5.41) is 0.342. The molecule has 0 aromatic heterocycles. The van der Waals surface area contributed by atoms with Crippen LogP contribution < -0.4 is 14.0 Å². The third kappa shape index (κ3) is 5.84.